The van der Waals surface area contributed by atoms with Crippen LogP contribution in [-0.2, 0) is 14.3 Å². The zero-order chi connectivity index (χ0) is 22.1. The van der Waals surface area contributed by atoms with Crippen LogP contribution in [0, 0.1) is 20.8 Å². The van der Waals surface area contributed by atoms with Crippen molar-refractivity contribution in [3.8, 4) is 0 Å². The molecule has 1 unspecified atom stereocenters. The van der Waals surface area contributed by atoms with E-state index in [0.29, 0.717) is 43.4 Å². The first-order chi connectivity index (χ1) is 14.9. The first kappa shape index (κ1) is 21.3. The van der Waals surface area contributed by atoms with E-state index in [1.165, 1.54) is 4.90 Å². The lowest BCUT2D eigenvalue weighted by atomic mass is 9.96. The molecule has 0 radical (unpaired) electrons. The molecule has 2 saturated heterocycles. The number of benzene rings is 1. The summed E-state index contributed by atoms with van der Waals surface area (Å²) in [5, 5.41) is 11.2. The monoisotopic (exact) mass is 424 g/mol. The molecule has 0 bridgehead atoms. The maximum atomic E-state index is 13.1. The van der Waals surface area contributed by atoms with Crippen LogP contribution < -0.4 is 0 Å². The van der Waals surface area contributed by atoms with Gasteiger partial charge >= 0.3 is 0 Å². The number of Topliss-reactive ketones (excluding diaryl/α,β-unsaturated/α-hetero) is 1. The van der Waals surface area contributed by atoms with E-state index >= 15 is 0 Å². The Kier molecular flexibility index (Phi) is 5.98. The third-order valence-electron chi connectivity index (χ3n) is 5.98. The molecular weight excluding hydrogens is 396 g/mol. The number of ether oxygens (including phenoxy) is 1. The molecule has 1 aromatic carbocycles. The van der Waals surface area contributed by atoms with Gasteiger partial charge in [-0.05, 0) is 44.5 Å². The number of nitrogens with zero attached hydrogens (tertiary/aromatic N) is 2. The van der Waals surface area contributed by atoms with Crippen molar-refractivity contribution >= 4 is 17.4 Å². The summed E-state index contributed by atoms with van der Waals surface area (Å²) in [5.41, 5.74) is 2.42. The van der Waals surface area contributed by atoms with E-state index < -0.39 is 17.7 Å². The lowest BCUT2D eigenvalue weighted by Crippen LogP contribution is -2.42. The van der Waals surface area contributed by atoms with Crippen LogP contribution in [0.1, 0.15) is 34.3 Å². The normalized spacial score (nSPS) is 21.8. The number of aliphatic hydroxyl groups excluding tert-OH is 1. The van der Waals surface area contributed by atoms with Gasteiger partial charge in [-0.15, -0.1) is 0 Å². The van der Waals surface area contributed by atoms with Gasteiger partial charge in [0.05, 0.1) is 18.8 Å². The summed E-state index contributed by atoms with van der Waals surface area (Å²) in [6.07, 6.45) is 0. The molecule has 0 spiro atoms. The Hall–Kier alpha value is -2.90. The fourth-order valence-electron chi connectivity index (χ4n) is 4.22. The minimum Gasteiger partial charge on any atom is -0.507 e. The average molecular weight is 424 g/mol. The van der Waals surface area contributed by atoms with Crippen LogP contribution in [0.25, 0.3) is 5.76 Å². The van der Waals surface area contributed by atoms with E-state index in [2.05, 4.69) is 4.90 Å². The number of likely N-dealkylation sites (tertiary alicyclic amines) is 1. The zero-order valence-electron chi connectivity index (χ0n) is 18.2. The summed E-state index contributed by atoms with van der Waals surface area (Å²) in [7, 11) is 0. The van der Waals surface area contributed by atoms with E-state index in [0.717, 1.165) is 24.2 Å². The van der Waals surface area contributed by atoms with Gasteiger partial charge in [0.2, 0.25) is 0 Å². The molecule has 2 fully saturated rings. The molecule has 0 saturated carbocycles. The van der Waals surface area contributed by atoms with E-state index in [1.807, 2.05) is 39.0 Å². The Balaban J connectivity index is 1.75. The van der Waals surface area contributed by atoms with Gasteiger partial charge < -0.3 is 19.2 Å². The second-order valence-electron chi connectivity index (χ2n) is 8.21. The molecule has 164 valence electrons. The van der Waals surface area contributed by atoms with Crippen LogP contribution in [-0.4, -0.2) is 66.0 Å². The molecule has 0 aliphatic carbocycles. The van der Waals surface area contributed by atoms with E-state index in [1.54, 1.807) is 12.1 Å². The Labute approximate surface area is 181 Å². The van der Waals surface area contributed by atoms with E-state index in [4.69, 9.17) is 9.15 Å². The van der Waals surface area contributed by atoms with Crippen molar-refractivity contribution in [2.24, 2.45) is 0 Å². The topological polar surface area (TPSA) is 83.2 Å². The molecule has 2 aliphatic heterocycles. The lowest BCUT2D eigenvalue weighted by molar-refractivity contribution is -0.140. The molecule has 4 rings (SSSR count). The molecule has 2 aliphatic rings. The third kappa shape index (κ3) is 4.16. The molecule has 3 heterocycles. The molecule has 1 atom stereocenters. The maximum Gasteiger partial charge on any atom is 0.295 e. The minimum absolute atomic E-state index is 0.0787. The number of rotatable bonds is 5. The van der Waals surface area contributed by atoms with Crippen molar-refractivity contribution < 1.29 is 23.8 Å². The van der Waals surface area contributed by atoms with Crippen LogP contribution in [0.4, 0.5) is 0 Å². The van der Waals surface area contributed by atoms with Crippen molar-refractivity contribution in [1.29, 1.82) is 0 Å². The number of hydrogen-bond acceptors (Lipinski definition) is 6. The highest BCUT2D eigenvalue weighted by molar-refractivity contribution is 6.46. The second-order valence-corrected chi connectivity index (χ2v) is 8.21. The lowest BCUT2D eigenvalue weighted by Gasteiger charge is -2.30. The smallest absolute Gasteiger partial charge is 0.295 e. The number of carbonyl (C=O) groups excluding carboxylic acids is 2. The highest BCUT2D eigenvalue weighted by atomic mass is 16.5. The largest absolute Gasteiger partial charge is 0.507 e. The minimum atomic E-state index is -0.755. The standard InChI is InChI=1S/C24H28N2O5/c1-15-4-5-16(2)18(14-15)22(27)20-21(19-7-6-17(3)31-19)26(24(29)23(20)28)9-8-25-10-12-30-13-11-25/h4-7,14,21,27H,8-13H2,1-3H3/b22-20+. The van der Waals surface area contributed by atoms with Crippen LogP contribution in [0.15, 0.2) is 40.3 Å². The van der Waals surface area contributed by atoms with Crippen molar-refractivity contribution in [2.75, 3.05) is 39.4 Å². The molecule has 7 heteroatoms. The van der Waals surface area contributed by atoms with Gasteiger partial charge in [0, 0.05) is 31.7 Å². The van der Waals surface area contributed by atoms with Gasteiger partial charge in [-0.25, -0.2) is 0 Å². The predicted molar refractivity (Wildman–Crippen MR) is 116 cm³/mol. The van der Waals surface area contributed by atoms with Gasteiger partial charge in [-0.1, -0.05) is 17.7 Å². The van der Waals surface area contributed by atoms with Crippen molar-refractivity contribution in [1.82, 2.24) is 9.80 Å². The van der Waals surface area contributed by atoms with E-state index in [9.17, 15) is 14.7 Å². The number of aryl methyl sites for hydroxylation is 3. The summed E-state index contributed by atoms with van der Waals surface area (Å²) in [6.45, 7) is 9.48. The number of carbonyl (C=O) groups is 2. The zero-order valence-corrected chi connectivity index (χ0v) is 18.2. The Morgan fingerprint density at radius 1 is 1.06 bits per heavy atom. The Morgan fingerprint density at radius 3 is 2.48 bits per heavy atom. The summed E-state index contributed by atoms with van der Waals surface area (Å²) >= 11 is 0. The fraction of sp³-hybridized carbons (Fsp3) is 0.417. The van der Waals surface area contributed by atoms with Crippen molar-refractivity contribution in [3.63, 3.8) is 0 Å². The van der Waals surface area contributed by atoms with Crippen LogP contribution in [0.5, 0.6) is 0 Å². The van der Waals surface area contributed by atoms with Crippen molar-refractivity contribution in [3.05, 3.63) is 64.1 Å². The first-order valence-corrected chi connectivity index (χ1v) is 10.6. The average Bonchev–Trinajstić information content (AvgIpc) is 3.30. The number of ketones is 1. The molecule has 2 aromatic rings. The summed E-state index contributed by atoms with van der Waals surface area (Å²) in [6, 6.07) is 8.48. The van der Waals surface area contributed by atoms with Gasteiger partial charge in [0.15, 0.2) is 0 Å². The summed E-state index contributed by atoms with van der Waals surface area (Å²) in [5.74, 6) is -0.294. The Morgan fingerprint density at radius 2 is 1.81 bits per heavy atom. The highest BCUT2D eigenvalue weighted by Gasteiger charge is 2.47. The van der Waals surface area contributed by atoms with Gasteiger partial charge in [-0.2, -0.15) is 0 Å². The number of furan rings is 1. The van der Waals surface area contributed by atoms with Crippen molar-refractivity contribution in [2.45, 2.75) is 26.8 Å². The quantitative estimate of drug-likeness (QED) is 0.451. The molecular formula is C24H28N2O5. The number of amides is 1. The first-order valence-electron chi connectivity index (χ1n) is 10.6. The van der Waals surface area contributed by atoms with E-state index in [-0.39, 0.29) is 11.3 Å². The number of hydrogen-bond donors (Lipinski definition) is 1. The number of aliphatic hydroxyl groups is 1. The van der Waals surface area contributed by atoms with Crippen LogP contribution >= 0.6 is 0 Å². The molecule has 31 heavy (non-hydrogen) atoms. The van der Waals surface area contributed by atoms with Gasteiger partial charge in [-0.3, -0.25) is 14.5 Å². The number of morpholine rings is 1. The third-order valence-corrected chi connectivity index (χ3v) is 5.98. The molecule has 1 aromatic heterocycles. The fourth-order valence-corrected chi connectivity index (χ4v) is 4.22. The summed E-state index contributed by atoms with van der Waals surface area (Å²) < 4.78 is 11.2. The Bertz CT molecular complexity index is 1030. The van der Waals surface area contributed by atoms with Gasteiger partial charge in [0.25, 0.3) is 11.7 Å². The van der Waals surface area contributed by atoms with Crippen LogP contribution in [0.2, 0.25) is 0 Å². The second kappa shape index (κ2) is 8.69. The SMILES string of the molecule is Cc1ccc(C)c(/C(O)=C2\C(=O)C(=O)N(CCN3CCOCC3)C2c2ccc(C)o2)c1. The van der Waals surface area contributed by atoms with Crippen LogP contribution in [0.3, 0.4) is 0 Å². The predicted octanol–water partition coefficient (Wildman–Crippen LogP) is 2.96. The molecule has 7 nitrogen and oxygen atoms in total. The summed E-state index contributed by atoms with van der Waals surface area (Å²) in [4.78, 5) is 29.8. The maximum absolute atomic E-state index is 13.1. The highest BCUT2D eigenvalue weighted by Crippen LogP contribution is 2.40. The molecule has 1 N–H and O–H groups in total. The van der Waals surface area contributed by atoms with Gasteiger partial charge in [0.1, 0.15) is 23.3 Å². The molecule has 1 amide bonds.